The van der Waals surface area contributed by atoms with Crippen molar-refractivity contribution in [3.63, 3.8) is 0 Å². The first-order valence-corrected chi connectivity index (χ1v) is 14.5. The fourth-order valence-corrected chi connectivity index (χ4v) is 6.44. The standard InChI is InChI=1S/C29H29FN4O5S/c1-20-7-10-22(11-8-20)28-31-27(32-39-28)25-12-9-21(18-26(25)30)17-23(29(35)36)19-40(37,38)34-15-13-33(14-16-34)24-5-3-2-4-6-24/h2-12,18,23H,13-17,19H2,1H3,(H,35,36). The number of nitrogens with zero attached hydrogens (tertiary/aromatic N) is 4. The first-order chi connectivity index (χ1) is 19.2. The van der Waals surface area contributed by atoms with Gasteiger partial charge in [0.05, 0.1) is 17.2 Å². The lowest BCUT2D eigenvalue weighted by Crippen LogP contribution is -2.50. The highest BCUT2D eigenvalue weighted by Crippen LogP contribution is 2.26. The molecule has 40 heavy (non-hydrogen) atoms. The quantitative estimate of drug-likeness (QED) is 0.321. The zero-order valence-electron chi connectivity index (χ0n) is 21.9. The molecule has 1 saturated heterocycles. The third-order valence-electron chi connectivity index (χ3n) is 7.00. The number of hydrogen-bond acceptors (Lipinski definition) is 7. The second-order valence-corrected chi connectivity index (χ2v) is 11.9. The van der Waals surface area contributed by atoms with E-state index in [-0.39, 0.29) is 36.8 Å². The van der Waals surface area contributed by atoms with E-state index in [1.807, 2.05) is 61.5 Å². The van der Waals surface area contributed by atoms with E-state index >= 15 is 4.39 Å². The van der Waals surface area contributed by atoms with Gasteiger partial charge in [-0.25, -0.2) is 12.8 Å². The van der Waals surface area contributed by atoms with Gasteiger partial charge in [0.15, 0.2) is 0 Å². The molecule has 1 fully saturated rings. The predicted octanol–water partition coefficient (Wildman–Crippen LogP) is 4.25. The van der Waals surface area contributed by atoms with Crippen LogP contribution in [0.5, 0.6) is 0 Å². The van der Waals surface area contributed by atoms with Crippen LogP contribution in [0, 0.1) is 18.7 Å². The maximum absolute atomic E-state index is 15.1. The van der Waals surface area contributed by atoms with Crippen molar-refractivity contribution in [2.75, 3.05) is 36.8 Å². The van der Waals surface area contributed by atoms with E-state index < -0.39 is 33.5 Å². The van der Waals surface area contributed by atoms with Crippen LogP contribution < -0.4 is 4.90 Å². The van der Waals surface area contributed by atoms with Gasteiger partial charge >= 0.3 is 5.97 Å². The van der Waals surface area contributed by atoms with Crippen LogP contribution in [0.25, 0.3) is 22.8 Å². The predicted molar refractivity (Wildman–Crippen MR) is 149 cm³/mol. The Kier molecular flexibility index (Phi) is 7.95. The lowest BCUT2D eigenvalue weighted by Gasteiger charge is -2.35. The average Bonchev–Trinajstić information content (AvgIpc) is 3.43. The number of aryl methyl sites for hydroxylation is 1. The molecule has 0 saturated carbocycles. The lowest BCUT2D eigenvalue weighted by molar-refractivity contribution is -0.140. The van der Waals surface area contributed by atoms with Gasteiger partial charge < -0.3 is 14.5 Å². The summed E-state index contributed by atoms with van der Waals surface area (Å²) in [4.78, 5) is 18.4. The van der Waals surface area contributed by atoms with Crippen LogP contribution in [0.2, 0.25) is 0 Å². The largest absolute Gasteiger partial charge is 0.481 e. The Bertz CT molecular complexity index is 1580. The number of carboxylic acid groups (broad SMARTS) is 1. The molecule has 1 unspecified atom stereocenters. The Morgan fingerprint density at radius 1 is 1.02 bits per heavy atom. The van der Waals surface area contributed by atoms with E-state index in [9.17, 15) is 18.3 Å². The zero-order valence-corrected chi connectivity index (χ0v) is 22.7. The Morgan fingerprint density at radius 3 is 2.38 bits per heavy atom. The number of hydrogen-bond donors (Lipinski definition) is 1. The molecule has 11 heteroatoms. The topological polar surface area (TPSA) is 117 Å². The zero-order chi connectivity index (χ0) is 28.3. The first kappa shape index (κ1) is 27.5. The van der Waals surface area contributed by atoms with Crippen molar-refractivity contribution in [3.05, 3.63) is 89.7 Å². The summed E-state index contributed by atoms with van der Waals surface area (Å²) in [6, 6.07) is 21.4. The van der Waals surface area contributed by atoms with Gasteiger partial charge in [-0.3, -0.25) is 4.79 Å². The highest BCUT2D eigenvalue weighted by Gasteiger charge is 2.32. The number of carboxylic acids is 1. The molecule has 0 bridgehead atoms. The smallest absolute Gasteiger partial charge is 0.307 e. The molecule has 2 heterocycles. The van der Waals surface area contributed by atoms with Crippen LogP contribution in [0.4, 0.5) is 10.1 Å². The molecule has 5 rings (SSSR count). The maximum Gasteiger partial charge on any atom is 0.307 e. The van der Waals surface area contributed by atoms with Gasteiger partial charge in [-0.05, 0) is 55.3 Å². The summed E-state index contributed by atoms with van der Waals surface area (Å²) < 4.78 is 47.9. The van der Waals surface area contributed by atoms with Gasteiger partial charge in [-0.15, -0.1) is 0 Å². The molecule has 0 amide bonds. The van der Waals surface area contributed by atoms with Crippen molar-refractivity contribution < 1.29 is 27.2 Å². The average molecular weight is 565 g/mol. The van der Waals surface area contributed by atoms with Crippen molar-refractivity contribution in [1.29, 1.82) is 0 Å². The second kappa shape index (κ2) is 11.6. The summed E-state index contributed by atoms with van der Waals surface area (Å²) in [6.45, 7) is 3.51. The summed E-state index contributed by atoms with van der Waals surface area (Å²) in [6.07, 6.45) is -0.142. The molecule has 0 aliphatic carbocycles. The minimum Gasteiger partial charge on any atom is -0.481 e. The van der Waals surface area contributed by atoms with Crippen LogP contribution in [-0.4, -0.2) is 65.9 Å². The number of aromatic nitrogens is 2. The number of sulfonamides is 1. The molecule has 9 nitrogen and oxygen atoms in total. The van der Waals surface area contributed by atoms with E-state index in [2.05, 4.69) is 15.0 Å². The van der Waals surface area contributed by atoms with Gasteiger partial charge in [0.2, 0.25) is 15.8 Å². The monoisotopic (exact) mass is 564 g/mol. The van der Waals surface area contributed by atoms with Gasteiger partial charge in [-0.2, -0.15) is 9.29 Å². The van der Waals surface area contributed by atoms with Crippen molar-refractivity contribution >= 4 is 21.7 Å². The Labute approximate surface area is 231 Å². The molecule has 1 aliphatic rings. The highest BCUT2D eigenvalue weighted by molar-refractivity contribution is 7.89. The fraction of sp³-hybridized carbons (Fsp3) is 0.276. The maximum atomic E-state index is 15.1. The summed E-state index contributed by atoms with van der Waals surface area (Å²) in [5.74, 6) is -3.40. The SMILES string of the molecule is Cc1ccc(-c2nc(-c3ccc(CC(CS(=O)(=O)N4CCN(c5ccccc5)CC4)C(=O)O)cc3F)no2)cc1. The Hall–Kier alpha value is -4.09. The van der Waals surface area contributed by atoms with E-state index in [4.69, 9.17) is 4.52 Å². The molecule has 1 aromatic heterocycles. The molecule has 1 aliphatic heterocycles. The van der Waals surface area contributed by atoms with Crippen LogP contribution in [0.1, 0.15) is 11.1 Å². The van der Waals surface area contributed by atoms with Crippen LogP contribution >= 0.6 is 0 Å². The summed E-state index contributed by atoms with van der Waals surface area (Å²) in [5, 5.41) is 13.7. The number of piperazine rings is 1. The lowest BCUT2D eigenvalue weighted by atomic mass is 9.99. The van der Waals surface area contributed by atoms with Gasteiger partial charge in [0.1, 0.15) is 5.82 Å². The number of halogens is 1. The molecule has 208 valence electrons. The van der Waals surface area contributed by atoms with Crippen molar-refractivity contribution in [2.45, 2.75) is 13.3 Å². The van der Waals surface area contributed by atoms with Crippen molar-refractivity contribution in [2.24, 2.45) is 5.92 Å². The summed E-state index contributed by atoms with van der Waals surface area (Å²) in [7, 11) is -3.84. The molecular weight excluding hydrogens is 535 g/mol. The van der Waals surface area contributed by atoms with Crippen molar-refractivity contribution in [1.82, 2.24) is 14.4 Å². The van der Waals surface area contributed by atoms with E-state index in [0.717, 1.165) is 11.3 Å². The van der Waals surface area contributed by atoms with Crippen molar-refractivity contribution in [3.8, 4) is 22.8 Å². The number of rotatable bonds is 9. The Morgan fingerprint density at radius 2 is 1.73 bits per heavy atom. The van der Waals surface area contributed by atoms with Gasteiger partial charge in [-0.1, -0.05) is 47.1 Å². The minimum atomic E-state index is -3.84. The third-order valence-corrected chi connectivity index (χ3v) is 8.97. The van der Waals surface area contributed by atoms with Crippen LogP contribution in [0.15, 0.2) is 77.3 Å². The molecular formula is C29H29FN4O5S. The normalized spacial score (nSPS) is 15.2. The molecule has 0 spiro atoms. The number of aliphatic carboxylic acids is 1. The number of benzene rings is 3. The van der Waals surface area contributed by atoms with E-state index in [1.165, 1.54) is 16.4 Å². The Balaban J connectivity index is 1.25. The molecule has 1 N–H and O–H groups in total. The molecule has 4 aromatic rings. The van der Waals surface area contributed by atoms with Gasteiger partial charge in [0, 0.05) is 37.4 Å². The van der Waals surface area contributed by atoms with Gasteiger partial charge in [0.25, 0.3) is 5.89 Å². The fourth-order valence-electron chi connectivity index (χ4n) is 4.74. The van der Waals surface area contributed by atoms with E-state index in [1.54, 1.807) is 6.07 Å². The molecule has 1 atom stereocenters. The molecule has 0 radical (unpaired) electrons. The second-order valence-electron chi connectivity index (χ2n) is 9.84. The minimum absolute atomic E-state index is 0.0617. The van der Waals surface area contributed by atoms with Crippen LogP contribution in [0.3, 0.4) is 0 Å². The number of para-hydroxylation sites is 1. The number of anilines is 1. The molecule has 3 aromatic carbocycles. The number of carbonyl (C=O) groups is 1. The first-order valence-electron chi connectivity index (χ1n) is 12.9. The summed E-state index contributed by atoms with van der Waals surface area (Å²) in [5.41, 5.74) is 3.25. The highest BCUT2D eigenvalue weighted by atomic mass is 32.2. The van der Waals surface area contributed by atoms with Crippen LogP contribution in [-0.2, 0) is 21.2 Å². The third kappa shape index (κ3) is 6.21. The summed E-state index contributed by atoms with van der Waals surface area (Å²) >= 11 is 0. The van der Waals surface area contributed by atoms with E-state index in [0.29, 0.717) is 24.2 Å².